The fourth-order valence-corrected chi connectivity index (χ4v) is 3.00. The second-order valence-electron chi connectivity index (χ2n) is 3.42. The van der Waals surface area contributed by atoms with Crippen LogP contribution < -0.4 is 5.73 Å². The molecule has 6 nitrogen and oxygen atoms in total. The van der Waals surface area contributed by atoms with Crippen molar-refractivity contribution in [2.75, 3.05) is 39.2 Å². The van der Waals surface area contributed by atoms with Gasteiger partial charge in [0.15, 0.2) is 0 Å². The van der Waals surface area contributed by atoms with E-state index in [0.717, 1.165) is 0 Å². The lowest BCUT2D eigenvalue weighted by atomic mass is 10.4. The lowest BCUT2D eigenvalue weighted by Crippen LogP contribution is -2.53. The van der Waals surface area contributed by atoms with Crippen LogP contribution in [0.4, 0.5) is 0 Å². The normalized spacial score (nSPS) is 24.3. The summed E-state index contributed by atoms with van der Waals surface area (Å²) in [5, 5.41) is 0. The van der Waals surface area contributed by atoms with Gasteiger partial charge in [-0.2, -0.15) is 4.31 Å². The third-order valence-electron chi connectivity index (χ3n) is 2.22. The Bertz CT molecular complexity index is 280. The molecule has 0 saturated carbocycles. The smallest absolute Gasteiger partial charge is 0.215 e. The molecule has 15 heavy (non-hydrogen) atoms. The van der Waals surface area contributed by atoms with Crippen LogP contribution in [0.1, 0.15) is 6.42 Å². The highest BCUT2D eigenvalue weighted by atomic mass is 32.2. The summed E-state index contributed by atoms with van der Waals surface area (Å²) in [7, 11) is -1.71. The van der Waals surface area contributed by atoms with Gasteiger partial charge in [0.25, 0.3) is 0 Å². The van der Waals surface area contributed by atoms with E-state index in [0.29, 0.717) is 26.2 Å². The molecule has 7 heteroatoms. The van der Waals surface area contributed by atoms with Gasteiger partial charge >= 0.3 is 0 Å². The van der Waals surface area contributed by atoms with Gasteiger partial charge in [-0.3, -0.25) is 0 Å². The summed E-state index contributed by atoms with van der Waals surface area (Å²) in [6.45, 7) is 1.47. The van der Waals surface area contributed by atoms with Crippen LogP contribution in [0.15, 0.2) is 0 Å². The molecule has 0 radical (unpaired) electrons. The van der Waals surface area contributed by atoms with Crippen LogP contribution in [0.3, 0.4) is 0 Å². The number of sulfonamides is 1. The first-order valence-corrected chi connectivity index (χ1v) is 6.50. The van der Waals surface area contributed by atoms with E-state index in [4.69, 9.17) is 15.2 Å². The molecule has 1 aliphatic heterocycles. The molecule has 90 valence electrons. The summed E-state index contributed by atoms with van der Waals surface area (Å²) in [5.74, 6) is 0.0779. The van der Waals surface area contributed by atoms with Gasteiger partial charge in [-0.25, -0.2) is 8.42 Å². The van der Waals surface area contributed by atoms with Crippen molar-refractivity contribution < 1.29 is 17.9 Å². The number of hydrogen-bond donors (Lipinski definition) is 1. The Kier molecular flexibility index (Phi) is 4.94. The van der Waals surface area contributed by atoms with Crippen LogP contribution in [0.25, 0.3) is 0 Å². The molecule has 1 heterocycles. The summed E-state index contributed by atoms with van der Waals surface area (Å²) in [5.41, 5.74) is 5.66. The summed E-state index contributed by atoms with van der Waals surface area (Å²) < 4.78 is 34.8. The van der Waals surface area contributed by atoms with Crippen molar-refractivity contribution in [2.24, 2.45) is 5.73 Å². The van der Waals surface area contributed by atoms with Crippen molar-refractivity contribution in [2.45, 2.75) is 12.6 Å². The number of rotatable bonds is 5. The molecule has 0 aromatic heterocycles. The highest BCUT2D eigenvalue weighted by molar-refractivity contribution is 7.89. The molecule has 0 spiro atoms. The van der Waals surface area contributed by atoms with Gasteiger partial charge < -0.3 is 15.2 Å². The van der Waals surface area contributed by atoms with Gasteiger partial charge in [0.05, 0.1) is 25.1 Å². The van der Waals surface area contributed by atoms with Gasteiger partial charge in [-0.15, -0.1) is 0 Å². The summed E-state index contributed by atoms with van der Waals surface area (Å²) >= 11 is 0. The average molecular weight is 238 g/mol. The predicted molar refractivity (Wildman–Crippen MR) is 55.8 cm³/mol. The van der Waals surface area contributed by atoms with E-state index in [2.05, 4.69) is 0 Å². The summed E-state index contributed by atoms with van der Waals surface area (Å²) in [6, 6.07) is 0. The Morgan fingerprint density at radius 2 is 2.33 bits per heavy atom. The van der Waals surface area contributed by atoms with Crippen molar-refractivity contribution in [3.8, 4) is 0 Å². The van der Waals surface area contributed by atoms with Crippen LogP contribution in [-0.4, -0.2) is 58.1 Å². The van der Waals surface area contributed by atoms with Crippen LogP contribution in [0, 0.1) is 0 Å². The fourth-order valence-electron chi connectivity index (χ4n) is 1.46. The van der Waals surface area contributed by atoms with Crippen LogP contribution >= 0.6 is 0 Å². The molecule has 0 aromatic rings. The third kappa shape index (κ3) is 3.69. The van der Waals surface area contributed by atoms with Gasteiger partial charge in [0.1, 0.15) is 0 Å². The van der Waals surface area contributed by atoms with Crippen molar-refractivity contribution in [1.82, 2.24) is 4.31 Å². The van der Waals surface area contributed by atoms with Gasteiger partial charge in [-0.1, -0.05) is 0 Å². The zero-order valence-corrected chi connectivity index (χ0v) is 9.70. The minimum absolute atomic E-state index is 0.0779. The highest BCUT2D eigenvalue weighted by Crippen LogP contribution is 2.10. The lowest BCUT2D eigenvalue weighted by molar-refractivity contribution is 0.0349. The van der Waals surface area contributed by atoms with Crippen molar-refractivity contribution in [3.63, 3.8) is 0 Å². The van der Waals surface area contributed by atoms with E-state index < -0.39 is 16.2 Å². The minimum Gasteiger partial charge on any atom is -0.385 e. The molecule has 1 atom stereocenters. The van der Waals surface area contributed by atoms with Crippen LogP contribution in [-0.2, 0) is 19.5 Å². The standard InChI is InChI=1S/C8H18N2O4S/c1-13-4-2-6-15(11,12)10-3-5-14-7-8(10)9/h8H,2-7,9H2,1H3. The first-order valence-electron chi connectivity index (χ1n) is 4.89. The number of ether oxygens (including phenoxy) is 2. The maximum Gasteiger partial charge on any atom is 0.215 e. The van der Waals surface area contributed by atoms with Crippen molar-refractivity contribution >= 4 is 10.0 Å². The molecular weight excluding hydrogens is 220 g/mol. The number of nitrogens with zero attached hydrogens (tertiary/aromatic N) is 1. The van der Waals surface area contributed by atoms with Gasteiger partial charge in [0, 0.05) is 20.3 Å². The second-order valence-corrected chi connectivity index (χ2v) is 5.46. The van der Waals surface area contributed by atoms with E-state index in [1.807, 2.05) is 0 Å². The quantitative estimate of drug-likeness (QED) is 0.619. The molecule has 1 aliphatic rings. The Morgan fingerprint density at radius 3 is 2.93 bits per heavy atom. The number of methoxy groups -OCH3 is 1. The van der Waals surface area contributed by atoms with E-state index in [-0.39, 0.29) is 12.4 Å². The van der Waals surface area contributed by atoms with Gasteiger partial charge in [0.2, 0.25) is 10.0 Å². The Labute approximate surface area is 90.4 Å². The van der Waals surface area contributed by atoms with Crippen LogP contribution in [0.2, 0.25) is 0 Å². The summed E-state index contributed by atoms with van der Waals surface area (Å²) in [4.78, 5) is 0. The SMILES string of the molecule is COCCCS(=O)(=O)N1CCOCC1N. The van der Waals surface area contributed by atoms with E-state index >= 15 is 0 Å². The minimum atomic E-state index is -3.26. The molecule has 1 fully saturated rings. The molecule has 0 amide bonds. The average Bonchev–Trinajstić information content (AvgIpc) is 2.18. The zero-order chi connectivity index (χ0) is 11.3. The number of hydrogen-bond acceptors (Lipinski definition) is 5. The zero-order valence-electron chi connectivity index (χ0n) is 8.89. The van der Waals surface area contributed by atoms with E-state index in [1.165, 1.54) is 4.31 Å². The molecule has 2 N–H and O–H groups in total. The third-order valence-corrected chi connectivity index (χ3v) is 4.20. The molecule has 0 aromatic carbocycles. The molecule has 1 rings (SSSR count). The predicted octanol–water partition coefficient (Wildman–Crippen LogP) is -1.03. The molecule has 0 aliphatic carbocycles. The summed E-state index contributed by atoms with van der Waals surface area (Å²) in [6.07, 6.45) is -0.0607. The topological polar surface area (TPSA) is 81.9 Å². The van der Waals surface area contributed by atoms with Crippen LogP contribution in [0.5, 0.6) is 0 Å². The molecule has 0 bridgehead atoms. The number of morpholine rings is 1. The Hall–Kier alpha value is -0.210. The Balaban J connectivity index is 2.51. The van der Waals surface area contributed by atoms with E-state index in [9.17, 15) is 8.42 Å². The Morgan fingerprint density at radius 1 is 1.60 bits per heavy atom. The monoisotopic (exact) mass is 238 g/mol. The molecular formula is C8H18N2O4S. The van der Waals surface area contributed by atoms with Gasteiger partial charge in [-0.05, 0) is 6.42 Å². The second kappa shape index (κ2) is 5.76. The van der Waals surface area contributed by atoms with E-state index in [1.54, 1.807) is 7.11 Å². The number of nitrogens with two attached hydrogens (primary N) is 1. The van der Waals surface area contributed by atoms with Crippen molar-refractivity contribution in [3.05, 3.63) is 0 Å². The largest absolute Gasteiger partial charge is 0.385 e. The maximum atomic E-state index is 11.8. The highest BCUT2D eigenvalue weighted by Gasteiger charge is 2.29. The lowest BCUT2D eigenvalue weighted by Gasteiger charge is -2.31. The maximum absolute atomic E-state index is 11.8. The van der Waals surface area contributed by atoms with Crippen molar-refractivity contribution in [1.29, 1.82) is 0 Å². The molecule has 1 unspecified atom stereocenters. The fraction of sp³-hybridized carbons (Fsp3) is 1.00. The molecule has 1 saturated heterocycles. The first-order chi connectivity index (χ1) is 7.08. The first kappa shape index (κ1) is 12.9.